The largest absolute Gasteiger partial charge is 0.354 e. The van der Waals surface area contributed by atoms with Crippen molar-refractivity contribution in [2.75, 3.05) is 43.9 Å². The Hall–Kier alpha value is -4.41. The predicted octanol–water partition coefficient (Wildman–Crippen LogP) is 3.81. The van der Waals surface area contributed by atoms with Gasteiger partial charge in [0.15, 0.2) is 0 Å². The van der Waals surface area contributed by atoms with Crippen LogP contribution < -0.4 is 10.6 Å². The Labute approximate surface area is 210 Å². The molecule has 1 saturated heterocycles. The highest BCUT2D eigenvalue weighted by Crippen LogP contribution is 2.38. The predicted molar refractivity (Wildman–Crippen MR) is 141 cm³/mol. The van der Waals surface area contributed by atoms with Gasteiger partial charge < -0.3 is 20.4 Å². The second kappa shape index (κ2) is 10.1. The van der Waals surface area contributed by atoms with E-state index in [1.165, 1.54) is 0 Å². The van der Waals surface area contributed by atoms with Gasteiger partial charge in [0.1, 0.15) is 0 Å². The monoisotopic (exact) mass is 477 g/mol. The van der Waals surface area contributed by atoms with Gasteiger partial charge in [0, 0.05) is 37.4 Å². The summed E-state index contributed by atoms with van der Waals surface area (Å²) in [5.41, 5.74) is 5.70. The van der Waals surface area contributed by atoms with Crippen LogP contribution in [0, 0.1) is 11.3 Å². The van der Waals surface area contributed by atoms with E-state index in [4.69, 9.17) is 0 Å². The van der Waals surface area contributed by atoms with Crippen LogP contribution in [0.4, 0.5) is 11.4 Å². The zero-order valence-electron chi connectivity index (χ0n) is 20.1. The number of anilines is 2. The van der Waals surface area contributed by atoms with Crippen LogP contribution in [0.5, 0.6) is 0 Å². The lowest BCUT2D eigenvalue weighted by atomic mass is 9.99. The molecular weight excluding hydrogens is 450 g/mol. The van der Waals surface area contributed by atoms with Crippen molar-refractivity contribution in [2.45, 2.75) is 6.42 Å². The molecule has 0 radical (unpaired) electrons. The van der Waals surface area contributed by atoms with Gasteiger partial charge in [-0.3, -0.25) is 9.59 Å². The number of nitrogens with one attached hydrogen (secondary N) is 2. The molecule has 2 aliphatic heterocycles. The lowest BCUT2D eigenvalue weighted by molar-refractivity contribution is -0.132. The Balaban J connectivity index is 1.41. The Kier molecular flexibility index (Phi) is 6.52. The van der Waals surface area contributed by atoms with Crippen molar-refractivity contribution in [1.82, 2.24) is 9.80 Å². The average Bonchev–Trinajstić information content (AvgIpc) is 3.23. The number of piperazine rings is 1. The van der Waals surface area contributed by atoms with Gasteiger partial charge in [-0.05, 0) is 42.4 Å². The van der Waals surface area contributed by atoms with Crippen molar-refractivity contribution >= 4 is 34.5 Å². The summed E-state index contributed by atoms with van der Waals surface area (Å²) in [5.74, 6) is -0.0762. The molecule has 7 nitrogen and oxygen atoms in total. The summed E-state index contributed by atoms with van der Waals surface area (Å²) in [5, 5.41) is 15.6. The average molecular weight is 478 g/mol. The number of likely N-dealkylation sites (N-methyl/N-ethyl adjacent to an activating group) is 1. The quantitative estimate of drug-likeness (QED) is 0.546. The van der Waals surface area contributed by atoms with Gasteiger partial charge in [0.25, 0.3) is 5.91 Å². The van der Waals surface area contributed by atoms with Crippen LogP contribution in [0.15, 0.2) is 72.8 Å². The number of benzene rings is 3. The molecular formula is C29H27N5O2. The van der Waals surface area contributed by atoms with Crippen LogP contribution in [-0.2, 0) is 16.0 Å². The van der Waals surface area contributed by atoms with Crippen LogP contribution in [0.1, 0.15) is 22.3 Å². The molecule has 0 bridgehead atoms. The molecule has 2 heterocycles. The smallest absolute Gasteiger partial charge is 0.258 e. The first-order valence-electron chi connectivity index (χ1n) is 12.0. The number of hydrogen-bond acceptors (Lipinski definition) is 5. The van der Waals surface area contributed by atoms with Gasteiger partial charge in [0.05, 0.1) is 35.0 Å². The van der Waals surface area contributed by atoms with Gasteiger partial charge in [0.2, 0.25) is 5.91 Å². The molecule has 180 valence electrons. The third-order valence-corrected chi connectivity index (χ3v) is 6.64. The summed E-state index contributed by atoms with van der Waals surface area (Å²) in [7, 11) is 2.07. The molecule has 0 aromatic heterocycles. The molecule has 0 aliphatic carbocycles. The van der Waals surface area contributed by atoms with Gasteiger partial charge in [-0.15, -0.1) is 0 Å². The number of carbonyl (C=O) groups is 2. The minimum absolute atomic E-state index is 0.145. The second-order valence-corrected chi connectivity index (χ2v) is 9.13. The van der Waals surface area contributed by atoms with Crippen molar-refractivity contribution in [2.24, 2.45) is 0 Å². The van der Waals surface area contributed by atoms with Crippen LogP contribution in [0.2, 0.25) is 0 Å². The summed E-state index contributed by atoms with van der Waals surface area (Å²) < 4.78 is 0. The van der Waals surface area contributed by atoms with Gasteiger partial charge in [-0.1, -0.05) is 48.5 Å². The normalized spacial score (nSPS) is 16.7. The zero-order chi connectivity index (χ0) is 25.1. The number of nitriles is 1. The van der Waals surface area contributed by atoms with Crippen molar-refractivity contribution in [3.63, 3.8) is 0 Å². The standard InChI is InChI=1S/C29H27N5O2/c1-33-13-15-34(16-14-33)26(35)18-20-7-10-23(11-8-20)31-28(22-5-3-2-4-6-22)27-24-12-9-21(19-30)17-25(24)32-29(27)36/h2-12,17,31H,13-16,18H2,1H3,(H,32,36)/b28-27-. The van der Waals surface area contributed by atoms with Crippen LogP contribution in [0.25, 0.3) is 11.3 Å². The number of carbonyl (C=O) groups excluding carboxylic acids is 2. The van der Waals surface area contributed by atoms with E-state index in [0.717, 1.165) is 48.6 Å². The fourth-order valence-electron chi connectivity index (χ4n) is 4.57. The molecule has 3 aromatic carbocycles. The van der Waals surface area contributed by atoms with E-state index in [9.17, 15) is 14.9 Å². The van der Waals surface area contributed by atoms with Crippen molar-refractivity contribution in [3.05, 3.63) is 95.1 Å². The molecule has 7 heteroatoms. The number of fused-ring (bicyclic) bond motifs is 1. The zero-order valence-corrected chi connectivity index (χ0v) is 20.1. The molecule has 0 spiro atoms. The first-order valence-corrected chi connectivity index (χ1v) is 12.0. The summed E-state index contributed by atoms with van der Waals surface area (Å²) >= 11 is 0. The second-order valence-electron chi connectivity index (χ2n) is 9.13. The van der Waals surface area contributed by atoms with E-state index in [-0.39, 0.29) is 11.8 Å². The van der Waals surface area contributed by atoms with E-state index >= 15 is 0 Å². The van der Waals surface area contributed by atoms with Crippen molar-refractivity contribution in [1.29, 1.82) is 5.26 Å². The summed E-state index contributed by atoms with van der Waals surface area (Å²) in [6.07, 6.45) is 0.369. The molecule has 0 unspecified atom stereocenters. The van der Waals surface area contributed by atoms with Gasteiger partial charge >= 0.3 is 0 Å². The van der Waals surface area contributed by atoms with E-state index in [0.29, 0.717) is 28.9 Å². The molecule has 2 amide bonds. The molecule has 36 heavy (non-hydrogen) atoms. The molecule has 0 atom stereocenters. The summed E-state index contributed by atoms with van der Waals surface area (Å²) in [6, 6.07) is 24.8. The van der Waals surface area contributed by atoms with E-state index < -0.39 is 0 Å². The molecule has 5 rings (SSSR count). The van der Waals surface area contributed by atoms with Crippen molar-refractivity contribution < 1.29 is 9.59 Å². The van der Waals surface area contributed by atoms with Gasteiger partial charge in [-0.2, -0.15) is 5.26 Å². The topological polar surface area (TPSA) is 88.5 Å². The fraction of sp³-hybridized carbons (Fsp3) is 0.207. The maximum atomic E-state index is 13.0. The Morgan fingerprint density at radius 2 is 1.72 bits per heavy atom. The first kappa shape index (κ1) is 23.3. The van der Waals surface area contributed by atoms with Crippen LogP contribution >= 0.6 is 0 Å². The maximum absolute atomic E-state index is 13.0. The summed E-state index contributed by atoms with van der Waals surface area (Å²) in [4.78, 5) is 29.9. The molecule has 2 N–H and O–H groups in total. The lowest BCUT2D eigenvalue weighted by Gasteiger charge is -2.32. The molecule has 1 fully saturated rings. The van der Waals surface area contributed by atoms with E-state index in [1.807, 2.05) is 59.5 Å². The highest BCUT2D eigenvalue weighted by atomic mass is 16.2. The minimum Gasteiger partial charge on any atom is -0.354 e. The number of nitrogens with zero attached hydrogens (tertiary/aromatic N) is 3. The Bertz CT molecular complexity index is 1370. The number of amides is 2. The number of rotatable bonds is 5. The molecule has 2 aliphatic rings. The molecule has 3 aromatic rings. The molecule has 0 saturated carbocycles. The highest BCUT2D eigenvalue weighted by molar-refractivity contribution is 6.37. The first-order chi connectivity index (χ1) is 17.5. The highest BCUT2D eigenvalue weighted by Gasteiger charge is 2.28. The number of hydrogen-bond donors (Lipinski definition) is 2. The van der Waals surface area contributed by atoms with E-state index in [2.05, 4.69) is 28.7 Å². The van der Waals surface area contributed by atoms with Gasteiger partial charge in [-0.25, -0.2) is 0 Å². The van der Waals surface area contributed by atoms with E-state index in [1.54, 1.807) is 18.2 Å². The Morgan fingerprint density at radius 1 is 1.00 bits per heavy atom. The minimum atomic E-state index is -0.221. The fourth-order valence-corrected chi connectivity index (χ4v) is 4.57. The van der Waals surface area contributed by atoms with Crippen LogP contribution in [0.3, 0.4) is 0 Å². The van der Waals surface area contributed by atoms with Crippen molar-refractivity contribution in [3.8, 4) is 6.07 Å². The third kappa shape index (κ3) is 4.85. The summed E-state index contributed by atoms with van der Waals surface area (Å²) in [6.45, 7) is 3.34. The SMILES string of the molecule is CN1CCN(C(=O)Cc2ccc(N/C(=C3\C(=O)Nc4cc(C#N)ccc43)c3ccccc3)cc2)CC1. The Morgan fingerprint density at radius 3 is 2.42 bits per heavy atom. The van der Waals surface area contributed by atoms with Crippen LogP contribution in [-0.4, -0.2) is 54.8 Å². The lowest BCUT2D eigenvalue weighted by Crippen LogP contribution is -2.47. The maximum Gasteiger partial charge on any atom is 0.258 e. The third-order valence-electron chi connectivity index (χ3n) is 6.64.